The van der Waals surface area contributed by atoms with Gasteiger partial charge in [-0.1, -0.05) is 53.4 Å². The predicted molar refractivity (Wildman–Crippen MR) is 88.6 cm³/mol. The zero-order valence-corrected chi connectivity index (χ0v) is 15.8. The van der Waals surface area contributed by atoms with Crippen molar-refractivity contribution in [2.24, 2.45) is 0 Å². The lowest BCUT2D eigenvalue weighted by molar-refractivity contribution is -0.939. The number of unbranched alkanes of at least 4 members (excludes halogenated alkanes) is 4. The minimum atomic E-state index is 0. The number of hydrogen-bond acceptors (Lipinski definition) is 0. The molecule has 0 saturated carbocycles. The lowest BCUT2D eigenvalue weighted by Gasteiger charge is -2.44. The van der Waals surface area contributed by atoms with Crippen LogP contribution in [0.4, 0.5) is 0 Å². The van der Waals surface area contributed by atoms with E-state index in [0.717, 1.165) is 12.1 Å². The predicted octanol–water partition coefficient (Wildman–Crippen LogP) is 2.78. The van der Waals surface area contributed by atoms with E-state index in [1.165, 1.54) is 68.7 Å². The van der Waals surface area contributed by atoms with E-state index in [1.807, 2.05) is 0 Å². The highest BCUT2D eigenvalue weighted by Gasteiger charge is 2.33. The maximum atomic E-state index is 2.49. The van der Waals surface area contributed by atoms with Crippen LogP contribution in [0, 0.1) is 0 Å². The van der Waals surface area contributed by atoms with Crippen LogP contribution in [0.25, 0.3) is 0 Å². The summed E-state index contributed by atoms with van der Waals surface area (Å²) in [5, 5.41) is 0. The summed E-state index contributed by atoms with van der Waals surface area (Å²) >= 11 is 0. The van der Waals surface area contributed by atoms with Crippen LogP contribution in [0.1, 0.15) is 91.9 Å². The molecular formula is C18H40ClN. The maximum Gasteiger partial charge on any atom is 0.0885 e. The standard InChI is InChI=1S/C18H40N.ClH/c1-7-11-13-15-17(9-3)19(5,6)18(10-4)16-14-12-8-2;/h17-18H,7-16H2,1-6H3;1H/q+1;/p-1. The van der Waals surface area contributed by atoms with Crippen molar-refractivity contribution in [1.82, 2.24) is 0 Å². The first-order valence-electron chi connectivity index (χ1n) is 8.87. The van der Waals surface area contributed by atoms with E-state index < -0.39 is 0 Å². The second-order valence-corrected chi connectivity index (χ2v) is 6.74. The van der Waals surface area contributed by atoms with Gasteiger partial charge in [-0.2, -0.15) is 0 Å². The van der Waals surface area contributed by atoms with E-state index in [9.17, 15) is 0 Å². The van der Waals surface area contributed by atoms with Crippen LogP contribution in [-0.2, 0) is 0 Å². The van der Waals surface area contributed by atoms with E-state index in [4.69, 9.17) is 0 Å². The Bertz CT molecular complexity index is 184. The van der Waals surface area contributed by atoms with Gasteiger partial charge < -0.3 is 16.9 Å². The molecule has 2 heteroatoms. The minimum absolute atomic E-state index is 0. The molecule has 0 heterocycles. The summed E-state index contributed by atoms with van der Waals surface area (Å²) in [6, 6.07) is 1.72. The van der Waals surface area contributed by atoms with Crippen molar-refractivity contribution in [2.75, 3.05) is 14.1 Å². The molecule has 124 valence electrons. The molecule has 0 amide bonds. The molecule has 0 saturated heterocycles. The van der Waals surface area contributed by atoms with Gasteiger partial charge in [0.25, 0.3) is 0 Å². The molecule has 1 nitrogen and oxygen atoms in total. The largest absolute Gasteiger partial charge is 1.00 e. The molecule has 0 N–H and O–H groups in total. The molecule has 0 aliphatic heterocycles. The van der Waals surface area contributed by atoms with Gasteiger partial charge in [-0.05, 0) is 38.5 Å². The monoisotopic (exact) mass is 305 g/mol. The third kappa shape index (κ3) is 7.88. The Morgan fingerprint density at radius 1 is 0.650 bits per heavy atom. The summed E-state index contributed by atoms with van der Waals surface area (Å²) in [6.07, 6.45) is 13.8. The fourth-order valence-corrected chi connectivity index (χ4v) is 3.57. The third-order valence-electron chi connectivity index (χ3n) is 5.11. The van der Waals surface area contributed by atoms with Gasteiger partial charge in [0.15, 0.2) is 0 Å². The van der Waals surface area contributed by atoms with Gasteiger partial charge in [0.2, 0.25) is 0 Å². The first-order valence-corrected chi connectivity index (χ1v) is 8.87. The van der Waals surface area contributed by atoms with Crippen molar-refractivity contribution in [1.29, 1.82) is 0 Å². The molecule has 0 aliphatic rings. The van der Waals surface area contributed by atoms with Gasteiger partial charge in [0.05, 0.1) is 26.2 Å². The normalized spacial score (nSPS) is 14.7. The van der Waals surface area contributed by atoms with Gasteiger partial charge >= 0.3 is 0 Å². The lowest BCUT2D eigenvalue weighted by atomic mass is 9.96. The lowest BCUT2D eigenvalue weighted by Crippen LogP contribution is -3.00. The molecule has 0 aromatic carbocycles. The number of nitrogens with zero attached hydrogens (tertiary/aromatic N) is 1. The van der Waals surface area contributed by atoms with Crippen LogP contribution < -0.4 is 12.4 Å². The fraction of sp³-hybridized carbons (Fsp3) is 1.00. The molecule has 0 rings (SSSR count). The van der Waals surface area contributed by atoms with E-state index >= 15 is 0 Å². The summed E-state index contributed by atoms with van der Waals surface area (Å²) < 4.78 is 1.25. The summed E-state index contributed by atoms with van der Waals surface area (Å²) in [5.41, 5.74) is 0. The Hall–Kier alpha value is 0.250. The molecule has 0 bridgehead atoms. The Balaban J connectivity index is 0. The van der Waals surface area contributed by atoms with Gasteiger partial charge in [-0.25, -0.2) is 0 Å². The van der Waals surface area contributed by atoms with E-state index in [-0.39, 0.29) is 12.4 Å². The third-order valence-corrected chi connectivity index (χ3v) is 5.11. The van der Waals surface area contributed by atoms with Crippen LogP contribution in [-0.4, -0.2) is 30.7 Å². The van der Waals surface area contributed by atoms with E-state index in [1.54, 1.807) is 0 Å². The quantitative estimate of drug-likeness (QED) is 0.384. The summed E-state index contributed by atoms with van der Waals surface area (Å²) in [5.74, 6) is 0. The molecule has 0 aliphatic carbocycles. The first kappa shape index (κ1) is 22.5. The number of quaternary nitrogens is 1. The Morgan fingerprint density at radius 2 is 1.00 bits per heavy atom. The SMILES string of the molecule is CCCCCC(CC)[N+](C)(C)C(CC)CCCCC.[Cl-]. The average Bonchev–Trinajstić information content (AvgIpc) is 2.39. The molecular weight excluding hydrogens is 266 g/mol. The van der Waals surface area contributed by atoms with Crippen molar-refractivity contribution in [2.45, 2.75) is 104 Å². The zero-order valence-electron chi connectivity index (χ0n) is 15.1. The van der Waals surface area contributed by atoms with Crippen molar-refractivity contribution in [3.05, 3.63) is 0 Å². The highest BCUT2D eigenvalue weighted by atomic mass is 35.5. The average molecular weight is 306 g/mol. The zero-order chi connectivity index (χ0) is 14.7. The highest BCUT2D eigenvalue weighted by molar-refractivity contribution is 4.64. The van der Waals surface area contributed by atoms with Crippen LogP contribution in [0.2, 0.25) is 0 Å². The molecule has 0 spiro atoms. The molecule has 0 aromatic heterocycles. The van der Waals surface area contributed by atoms with Crippen molar-refractivity contribution < 1.29 is 16.9 Å². The van der Waals surface area contributed by atoms with Gasteiger partial charge in [0.1, 0.15) is 0 Å². The smallest absolute Gasteiger partial charge is 0.0885 e. The van der Waals surface area contributed by atoms with Crippen LogP contribution in [0.5, 0.6) is 0 Å². The molecule has 0 radical (unpaired) electrons. The fourth-order valence-electron chi connectivity index (χ4n) is 3.57. The summed E-state index contributed by atoms with van der Waals surface area (Å²) in [7, 11) is 4.97. The number of halogens is 1. The second kappa shape index (κ2) is 13.0. The molecule has 20 heavy (non-hydrogen) atoms. The van der Waals surface area contributed by atoms with Crippen LogP contribution in [0.15, 0.2) is 0 Å². The number of hydrogen-bond donors (Lipinski definition) is 0. The summed E-state index contributed by atoms with van der Waals surface area (Å²) in [6.45, 7) is 9.38. The summed E-state index contributed by atoms with van der Waals surface area (Å²) in [4.78, 5) is 0. The second-order valence-electron chi connectivity index (χ2n) is 6.74. The van der Waals surface area contributed by atoms with Gasteiger partial charge in [-0.15, -0.1) is 0 Å². The van der Waals surface area contributed by atoms with Crippen LogP contribution in [0.3, 0.4) is 0 Å². The highest BCUT2D eigenvalue weighted by Crippen LogP contribution is 2.26. The molecule has 0 fully saturated rings. The van der Waals surface area contributed by atoms with E-state index in [2.05, 4.69) is 41.8 Å². The minimum Gasteiger partial charge on any atom is -1.00 e. The van der Waals surface area contributed by atoms with Gasteiger partial charge in [0, 0.05) is 0 Å². The topological polar surface area (TPSA) is 0 Å². The molecule has 2 unspecified atom stereocenters. The van der Waals surface area contributed by atoms with Gasteiger partial charge in [-0.3, -0.25) is 0 Å². The Kier molecular flexibility index (Phi) is 14.6. The maximum absolute atomic E-state index is 2.49. The van der Waals surface area contributed by atoms with E-state index in [0.29, 0.717) is 0 Å². The first-order chi connectivity index (χ1) is 9.04. The molecule has 0 aromatic rings. The van der Waals surface area contributed by atoms with Crippen molar-refractivity contribution in [3.8, 4) is 0 Å². The Morgan fingerprint density at radius 3 is 1.25 bits per heavy atom. The number of rotatable bonds is 12. The van der Waals surface area contributed by atoms with Crippen LogP contribution >= 0.6 is 0 Å². The van der Waals surface area contributed by atoms with Crippen molar-refractivity contribution in [3.63, 3.8) is 0 Å². The van der Waals surface area contributed by atoms with Crippen molar-refractivity contribution >= 4 is 0 Å². The molecule has 2 atom stereocenters. The Labute approximate surface area is 135 Å².